The van der Waals surface area contributed by atoms with E-state index in [9.17, 15) is 5.11 Å². The largest absolute Gasteiger partial charge is 0.489 e. The maximum atomic E-state index is 10.2. The van der Waals surface area contributed by atoms with Gasteiger partial charge in [0.25, 0.3) is 0 Å². The van der Waals surface area contributed by atoms with Crippen molar-refractivity contribution in [2.24, 2.45) is 0 Å². The maximum absolute atomic E-state index is 10.2. The molecule has 0 unspecified atom stereocenters. The summed E-state index contributed by atoms with van der Waals surface area (Å²) in [4.78, 5) is 0. The van der Waals surface area contributed by atoms with E-state index in [2.05, 4.69) is 11.9 Å². The number of hydrogen-bond donors (Lipinski definition) is 2. The van der Waals surface area contributed by atoms with Crippen LogP contribution in [0.25, 0.3) is 0 Å². The first kappa shape index (κ1) is 15.7. The van der Waals surface area contributed by atoms with E-state index in [1.807, 2.05) is 38.1 Å². The number of para-hydroxylation sites is 1. The monoisotopic (exact) mass is 263 g/mol. The van der Waals surface area contributed by atoms with Crippen molar-refractivity contribution >= 4 is 0 Å². The molecule has 3 heteroatoms. The molecule has 106 valence electrons. The lowest BCUT2D eigenvalue weighted by atomic mass is 9.97. The summed E-state index contributed by atoms with van der Waals surface area (Å²) in [5, 5.41) is 13.5. The van der Waals surface area contributed by atoms with Gasteiger partial charge in [0.2, 0.25) is 0 Å². The Morgan fingerprint density at radius 3 is 2.63 bits per heavy atom. The van der Waals surface area contributed by atoms with Crippen LogP contribution in [0.3, 0.4) is 0 Å². The van der Waals surface area contributed by atoms with Crippen LogP contribution in [0, 0.1) is 0 Å². The zero-order chi connectivity index (χ0) is 14.1. The second kappa shape index (κ2) is 7.97. The highest BCUT2D eigenvalue weighted by Crippen LogP contribution is 2.18. The standard InChI is InChI=1S/C16H25NO2/c1-4-11-19-15-10-8-7-9-14(15)12-17-13-16(18,5-2)6-3/h4,7-10,17-18H,1,5-6,11-13H2,2-3H3. The van der Waals surface area contributed by atoms with E-state index < -0.39 is 5.60 Å². The van der Waals surface area contributed by atoms with Crippen molar-refractivity contribution in [2.45, 2.75) is 38.8 Å². The molecule has 0 fully saturated rings. The fourth-order valence-electron chi connectivity index (χ4n) is 1.87. The van der Waals surface area contributed by atoms with E-state index in [1.54, 1.807) is 6.08 Å². The van der Waals surface area contributed by atoms with Crippen LogP contribution in [0.1, 0.15) is 32.3 Å². The van der Waals surface area contributed by atoms with E-state index in [0.717, 1.165) is 24.2 Å². The van der Waals surface area contributed by atoms with Gasteiger partial charge in [-0.3, -0.25) is 0 Å². The first-order chi connectivity index (χ1) is 9.15. The lowest BCUT2D eigenvalue weighted by Gasteiger charge is -2.25. The first-order valence-electron chi connectivity index (χ1n) is 6.90. The second-order valence-corrected chi connectivity index (χ2v) is 4.74. The molecule has 0 spiro atoms. The predicted octanol–water partition coefficient (Wildman–Crippen LogP) is 2.89. The molecular formula is C16H25NO2. The number of aliphatic hydroxyl groups is 1. The zero-order valence-electron chi connectivity index (χ0n) is 12.0. The average molecular weight is 263 g/mol. The van der Waals surface area contributed by atoms with Crippen LogP contribution in [0.2, 0.25) is 0 Å². The van der Waals surface area contributed by atoms with Crippen molar-refractivity contribution in [2.75, 3.05) is 13.2 Å². The van der Waals surface area contributed by atoms with Gasteiger partial charge in [0.1, 0.15) is 12.4 Å². The van der Waals surface area contributed by atoms with Crippen LogP contribution in [-0.2, 0) is 6.54 Å². The molecule has 0 saturated heterocycles. The molecule has 1 aromatic rings. The summed E-state index contributed by atoms with van der Waals surface area (Å²) in [5.41, 5.74) is 0.482. The highest BCUT2D eigenvalue weighted by atomic mass is 16.5. The van der Waals surface area contributed by atoms with Gasteiger partial charge in [0, 0.05) is 18.7 Å². The number of hydrogen-bond acceptors (Lipinski definition) is 3. The van der Waals surface area contributed by atoms with Crippen LogP contribution in [0.4, 0.5) is 0 Å². The molecule has 1 rings (SSSR count). The Balaban J connectivity index is 2.55. The van der Waals surface area contributed by atoms with Crippen LogP contribution in [0.15, 0.2) is 36.9 Å². The molecule has 0 saturated carbocycles. The Morgan fingerprint density at radius 1 is 1.32 bits per heavy atom. The van der Waals surface area contributed by atoms with Gasteiger partial charge in [-0.1, -0.05) is 44.7 Å². The Morgan fingerprint density at radius 2 is 2.00 bits per heavy atom. The predicted molar refractivity (Wildman–Crippen MR) is 79.4 cm³/mol. The maximum Gasteiger partial charge on any atom is 0.124 e. The summed E-state index contributed by atoms with van der Waals surface area (Å²) < 4.78 is 5.60. The Bertz CT molecular complexity index is 386. The molecule has 0 aliphatic heterocycles. The first-order valence-corrected chi connectivity index (χ1v) is 6.90. The molecule has 0 aliphatic carbocycles. The Labute approximate surface area is 116 Å². The number of benzene rings is 1. The number of rotatable bonds is 9. The third kappa shape index (κ3) is 5.05. The van der Waals surface area contributed by atoms with Crippen LogP contribution < -0.4 is 10.1 Å². The van der Waals surface area contributed by atoms with Gasteiger partial charge in [-0.15, -0.1) is 0 Å². The molecule has 0 radical (unpaired) electrons. The van der Waals surface area contributed by atoms with Crippen molar-refractivity contribution in [1.29, 1.82) is 0 Å². The summed E-state index contributed by atoms with van der Waals surface area (Å²) in [6.45, 7) is 9.45. The average Bonchev–Trinajstić information content (AvgIpc) is 2.46. The fourth-order valence-corrected chi connectivity index (χ4v) is 1.87. The number of nitrogens with one attached hydrogen (secondary N) is 1. The van der Waals surface area contributed by atoms with Gasteiger partial charge in [-0.2, -0.15) is 0 Å². The topological polar surface area (TPSA) is 41.5 Å². The third-order valence-corrected chi connectivity index (χ3v) is 3.42. The van der Waals surface area contributed by atoms with Gasteiger partial charge >= 0.3 is 0 Å². The normalized spacial score (nSPS) is 11.3. The molecule has 2 N–H and O–H groups in total. The molecular weight excluding hydrogens is 238 g/mol. The molecule has 0 bridgehead atoms. The van der Waals surface area contributed by atoms with Gasteiger partial charge in [-0.25, -0.2) is 0 Å². The molecule has 19 heavy (non-hydrogen) atoms. The SMILES string of the molecule is C=CCOc1ccccc1CNCC(O)(CC)CC. The van der Waals surface area contributed by atoms with Crippen molar-refractivity contribution in [1.82, 2.24) is 5.32 Å². The lowest BCUT2D eigenvalue weighted by molar-refractivity contribution is 0.0322. The molecule has 0 aliphatic rings. The van der Waals surface area contributed by atoms with E-state index >= 15 is 0 Å². The summed E-state index contributed by atoms with van der Waals surface area (Å²) in [6, 6.07) is 7.93. The fraction of sp³-hybridized carbons (Fsp3) is 0.500. The highest BCUT2D eigenvalue weighted by Gasteiger charge is 2.21. The van der Waals surface area contributed by atoms with E-state index in [0.29, 0.717) is 19.7 Å². The molecule has 0 heterocycles. The van der Waals surface area contributed by atoms with Gasteiger partial charge < -0.3 is 15.2 Å². The lowest BCUT2D eigenvalue weighted by Crippen LogP contribution is -2.39. The summed E-state index contributed by atoms with van der Waals surface area (Å²) >= 11 is 0. The molecule has 0 aromatic heterocycles. The molecule has 0 amide bonds. The highest BCUT2D eigenvalue weighted by molar-refractivity contribution is 5.33. The van der Waals surface area contributed by atoms with Crippen molar-refractivity contribution in [3.63, 3.8) is 0 Å². The second-order valence-electron chi connectivity index (χ2n) is 4.74. The van der Waals surface area contributed by atoms with Crippen LogP contribution in [-0.4, -0.2) is 23.9 Å². The minimum absolute atomic E-state index is 0.505. The van der Waals surface area contributed by atoms with Gasteiger partial charge in [-0.05, 0) is 18.9 Å². The Hall–Kier alpha value is -1.32. The molecule has 0 atom stereocenters. The Kier molecular flexibility index (Phi) is 6.60. The minimum Gasteiger partial charge on any atom is -0.489 e. The summed E-state index contributed by atoms with van der Waals surface area (Å²) in [6.07, 6.45) is 3.24. The molecule has 3 nitrogen and oxygen atoms in total. The van der Waals surface area contributed by atoms with E-state index in [1.165, 1.54) is 0 Å². The van der Waals surface area contributed by atoms with Crippen molar-refractivity contribution in [3.8, 4) is 5.75 Å². The third-order valence-electron chi connectivity index (χ3n) is 3.42. The van der Waals surface area contributed by atoms with E-state index in [4.69, 9.17) is 4.74 Å². The quantitative estimate of drug-likeness (QED) is 0.673. The number of ether oxygens (including phenoxy) is 1. The molecule has 1 aromatic carbocycles. The smallest absolute Gasteiger partial charge is 0.124 e. The summed E-state index contributed by atoms with van der Waals surface area (Å²) in [7, 11) is 0. The van der Waals surface area contributed by atoms with Crippen molar-refractivity contribution in [3.05, 3.63) is 42.5 Å². The minimum atomic E-state index is -0.614. The van der Waals surface area contributed by atoms with Crippen LogP contribution in [0.5, 0.6) is 5.75 Å². The summed E-state index contributed by atoms with van der Waals surface area (Å²) in [5.74, 6) is 0.867. The van der Waals surface area contributed by atoms with E-state index in [-0.39, 0.29) is 0 Å². The zero-order valence-corrected chi connectivity index (χ0v) is 12.0. The van der Waals surface area contributed by atoms with Gasteiger partial charge in [0.05, 0.1) is 5.60 Å². The van der Waals surface area contributed by atoms with Crippen LogP contribution >= 0.6 is 0 Å². The van der Waals surface area contributed by atoms with Gasteiger partial charge in [0.15, 0.2) is 0 Å². The van der Waals surface area contributed by atoms with Crippen molar-refractivity contribution < 1.29 is 9.84 Å².